The maximum Gasteiger partial charge on any atom is 0.225 e. The Bertz CT molecular complexity index is 917. The quantitative estimate of drug-likeness (QED) is 0.651. The van der Waals surface area contributed by atoms with Gasteiger partial charge in [-0.2, -0.15) is 4.98 Å². The lowest BCUT2D eigenvalue weighted by molar-refractivity contribution is 0.744. The first-order valence-corrected chi connectivity index (χ1v) is 9.58. The van der Waals surface area contributed by atoms with Gasteiger partial charge in [-0.25, -0.2) is 4.98 Å². The standard InChI is InChI=1S/C22H25N5/c1-15-6-5-9-19(16(15)2)25-21-14-20(17-10-12-23-13-11-17)26-22(27-21)24-18-7-3-4-8-18/h5-6,9-14,18H,3-4,7-8H2,1-2H3,(H2,24,25,26,27). The van der Waals surface area contributed by atoms with Gasteiger partial charge in [0, 0.05) is 35.8 Å². The summed E-state index contributed by atoms with van der Waals surface area (Å²) in [6, 6.07) is 12.7. The van der Waals surface area contributed by atoms with Crippen molar-refractivity contribution in [2.75, 3.05) is 10.6 Å². The summed E-state index contributed by atoms with van der Waals surface area (Å²) in [5.41, 5.74) is 5.48. The first-order chi connectivity index (χ1) is 13.2. The van der Waals surface area contributed by atoms with Gasteiger partial charge in [0.1, 0.15) is 5.82 Å². The number of pyridine rings is 1. The Kier molecular flexibility index (Phi) is 5.01. The molecule has 1 aliphatic carbocycles. The Labute approximate surface area is 160 Å². The van der Waals surface area contributed by atoms with E-state index in [1.807, 2.05) is 18.2 Å². The van der Waals surface area contributed by atoms with E-state index in [1.54, 1.807) is 12.4 Å². The predicted octanol–water partition coefficient (Wildman–Crippen LogP) is 5.25. The van der Waals surface area contributed by atoms with Gasteiger partial charge in [-0.15, -0.1) is 0 Å². The van der Waals surface area contributed by atoms with Crippen LogP contribution >= 0.6 is 0 Å². The molecule has 0 radical (unpaired) electrons. The smallest absolute Gasteiger partial charge is 0.225 e. The summed E-state index contributed by atoms with van der Waals surface area (Å²) in [7, 11) is 0. The van der Waals surface area contributed by atoms with E-state index < -0.39 is 0 Å². The van der Waals surface area contributed by atoms with Crippen LogP contribution in [0.3, 0.4) is 0 Å². The highest BCUT2D eigenvalue weighted by atomic mass is 15.2. The SMILES string of the molecule is Cc1cccc(Nc2cc(-c3ccncc3)nc(NC3CCCC3)n2)c1C. The molecule has 0 unspecified atom stereocenters. The van der Waals surface area contributed by atoms with Gasteiger partial charge in [0.2, 0.25) is 5.95 Å². The van der Waals surface area contributed by atoms with Crippen LogP contribution in [0.1, 0.15) is 36.8 Å². The van der Waals surface area contributed by atoms with Crippen LogP contribution in [0.5, 0.6) is 0 Å². The van der Waals surface area contributed by atoms with Crippen molar-refractivity contribution in [3.05, 3.63) is 59.9 Å². The summed E-state index contributed by atoms with van der Waals surface area (Å²) in [6.07, 6.45) is 8.49. The van der Waals surface area contributed by atoms with E-state index in [-0.39, 0.29) is 0 Å². The van der Waals surface area contributed by atoms with Crippen molar-refractivity contribution in [2.45, 2.75) is 45.6 Å². The minimum absolute atomic E-state index is 0.464. The van der Waals surface area contributed by atoms with E-state index in [1.165, 1.54) is 36.8 Å². The van der Waals surface area contributed by atoms with Crippen LogP contribution in [0.15, 0.2) is 48.8 Å². The van der Waals surface area contributed by atoms with Gasteiger partial charge in [-0.05, 0) is 56.0 Å². The van der Waals surface area contributed by atoms with Crippen LogP contribution in [0.25, 0.3) is 11.3 Å². The molecular weight excluding hydrogens is 334 g/mol. The van der Waals surface area contributed by atoms with E-state index in [0.717, 1.165) is 22.8 Å². The lowest BCUT2D eigenvalue weighted by atomic mass is 10.1. The highest BCUT2D eigenvalue weighted by molar-refractivity contribution is 5.68. The zero-order chi connectivity index (χ0) is 18.6. The molecule has 1 aliphatic rings. The second-order valence-corrected chi connectivity index (χ2v) is 7.20. The van der Waals surface area contributed by atoms with Crippen LogP contribution in [-0.4, -0.2) is 21.0 Å². The zero-order valence-electron chi connectivity index (χ0n) is 15.9. The lowest BCUT2D eigenvalue weighted by Crippen LogP contribution is -2.17. The maximum absolute atomic E-state index is 4.76. The summed E-state index contributed by atoms with van der Waals surface area (Å²) in [6.45, 7) is 4.25. The number of hydrogen-bond donors (Lipinski definition) is 2. The molecule has 5 nitrogen and oxygen atoms in total. The zero-order valence-corrected chi connectivity index (χ0v) is 15.9. The van der Waals surface area contributed by atoms with Gasteiger partial charge in [0.25, 0.3) is 0 Å². The number of rotatable bonds is 5. The molecule has 27 heavy (non-hydrogen) atoms. The highest BCUT2D eigenvalue weighted by Gasteiger charge is 2.17. The number of benzene rings is 1. The van der Waals surface area contributed by atoms with Gasteiger partial charge in [-0.1, -0.05) is 25.0 Å². The van der Waals surface area contributed by atoms with Crippen molar-refractivity contribution in [3.8, 4) is 11.3 Å². The molecule has 3 aromatic rings. The van der Waals surface area contributed by atoms with Crippen molar-refractivity contribution >= 4 is 17.5 Å². The summed E-state index contributed by atoms with van der Waals surface area (Å²) < 4.78 is 0. The molecular formula is C22H25N5. The molecule has 1 saturated carbocycles. The fourth-order valence-corrected chi connectivity index (χ4v) is 3.52. The molecule has 2 heterocycles. The molecule has 1 fully saturated rings. The van der Waals surface area contributed by atoms with Gasteiger partial charge in [0.05, 0.1) is 5.69 Å². The normalized spacial score (nSPS) is 14.3. The summed E-state index contributed by atoms with van der Waals surface area (Å²) >= 11 is 0. The van der Waals surface area contributed by atoms with Gasteiger partial charge in [-0.3, -0.25) is 4.98 Å². The number of nitrogens with zero attached hydrogens (tertiary/aromatic N) is 3. The Morgan fingerprint density at radius 2 is 1.74 bits per heavy atom. The number of nitrogens with one attached hydrogen (secondary N) is 2. The molecule has 1 aromatic carbocycles. The largest absolute Gasteiger partial charge is 0.351 e. The maximum atomic E-state index is 4.76. The minimum atomic E-state index is 0.464. The van der Waals surface area contributed by atoms with Gasteiger partial charge < -0.3 is 10.6 Å². The fraction of sp³-hybridized carbons (Fsp3) is 0.318. The van der Waals surface area contributed by atoms with E-state index in [0.29, 0.717) is 12.0 Å². The Morgan fingerprint density at radius 3 is 2.52 bits per heavy atom. The highest BCUT2D eigenvalue weighted by Crippen LogP contribution is 2.27. The second kappa shape index (κ2) is 7.74. The van der Waals surface area contributed by atoms with Gasteiger partial charge >= 0.3 is 0 Å². The third-order valence-electron chi connectivity index (χ3n) is 5.26. The van der Waals surface area contributed by atoms with Crippen molar-refractivity contribution in [3.63, 3.8) is 0 Å². The Morgan fingerprint density at radius 1 is 0.963 bits per heavy atom. The molecule has 2 aromatic heterocycles. The summed E-state index contributed by atoms with van der Waals surface area (Å²) in [5, 5.41) is 7.01. The van der Waals surface area contributed by atoms with E-state index in [4.69, 9.17) is 9.97 Å². The summed E-state index contributed by atoms with van der Waals surface area (Å²) in [5.74, 6) is 1.48. The number of aryl methyl sites for hydroxylation is 1. The molecule has 5 heteroatoms. The molecule has 2 N–H and O–H groups in total. The first kappa shape index (κ1) is 17.5. The van der Waals surface area contributed by atoms with E-state index >= 15 is 0 Å². The number of aromatic nitrogens is 3. The van der Waals surface area contributed by atoms with Gasteiger partial charge in [0.15, 0.2) is 0 Å². The van der Waals surface area contributed by atoms with Crippen LogP contribution in [-0.2, 0) is 0 Å². The molecule has 0 saturated heterocycles. The third kappa shape index (κ3) is 4.08. The van der Waals surface area contributed by atoms with E-state index in [9.17, 15) is 0 Å². The average molecular weight is 359 g/mol. The van der Waals surface area contributed by atoms with Crippen LogP contribution < -0.4 is 10.6 Å². The molecule has 0 aliphatic heterocycles. The molecule has 0 amide bonds. The first-order valence-electron chi connectivity index (χ1n) is 9.58. The second-order valence-electron chi connectivity index (χ2n) is 7.20. The molecule has 0 atom stereocenters. The van der Waals surface area contributed by atoms with Crippen molar-refractivity contribution in [1.29, 1.82) is 0 Å². The minimum Gasteiger partial charge on any atom is -0.351 e. The lowest BCUT2D eigenvalue weighted by Gasteiger charge is -2.16. The fourth-order valence-electron chi connectivity index (χ4n) is 3.52. The van der Waals surface area contributed by atoms with E-state index in [2.05, 4.69) is 47.7 Å². The third-order valence-corrected chi connectivity index (χ3v) is 5.26. The molecule has 138 valence electrons. The average Bonchev–Trinajstić information content (AvgIpc) is 3.19. The van der Waals surface area contributed by atoms with Crippen LogP contribution in [0, 0.1) is 13.8 Å². The molecule has 0 spiro atoms. The van der Waals surface area contributed by atoms with Crippen molar-refractivity contribution in [2.24, 2.45) is 0 Å². The number of hydrogen-bond acceptors (Lipinski definition) is 5. The van der Waals surface area contributed by atoms with Crippen molar-refractivity contribution in [1.82, 2.24) is 15.0 Å². The Hall–Kier alpha value is -2.95. The monoisotopic (exact) mass is 359 g/mol. The topological polar surface area (TPSA) is 62.7 Å². The predicted molar refractivity (Wildman–Crippen MR) is 110 cm³/mol. The molecule has 0 bridgehead atoms. The van der Waals surface area contributed by atoms with Crippen LogP contribution in [0.4, 0.5) is 17.5 Å². The number of anilines is 3. The van der Waals surface area contributed by atoms with Crippen LogP contribution in [0.2, 0.25) is 0 Å². The Balaban J connectivity index is 1.69. The summed E-state index contributed by atoms with van der Waals surface area (Å²) in [4.78, 5) is 13.6. The van der Waals surface area contributed by atoms with Crippen molar-refractivity contribution < 1.29 is 0 Å². The molecule has 4 rings (SSSR count).